The number of fused-ring (bicyclic) bond motifs is 12. The van der Waals surface area contributed by atoms with E-state index in [-0.39, 0.29) is 0 Å². The maximum atomic E-state index is 12.1. The predicted octanol–water partition coefficient (Wildman–Crippen LogP) is 14.0. The molecule has 0 spiro atoms. The number of hydrogen-bond donors (Lipinski definition) is 0. The van der Waals surface area contributed by atoms with Crippen molar-refractivity contribution in [3.63, 3.8) is 0 Å². The van der Waals surface area contributed by atoms with Crippen LogP contribution in [0.1, 0.15) is 34.4 Å². The van der Waals surface area contributed by atoms with Crippen LogP contribution in [0.25, 0.3) is 111 Å². The fraction of sp³-hybridized carbons (Fsp3) is 0.0351. The van der Waals surface area contributed by atoms with Gasteiger partial charge in [0.05, 0.1) is 56.3 Å². The summed E-state index contributed by atoms with van der Waals surface area (Å²) in [6, 6.07) is 61.0. The number of para-hydroxylation sites is 5. The van der Waals surface area contributed by atoms with Gasteiger partial charge >= 0.3 is 0 Å². The van der Waals surface area contributed by atoms with Crippen molar-refractivity contribution < 1.29 is 4.42 Å². The van der Waals surface area contributed by atoms with E-state index in [2.05, 4.69) is 123 Å². The van der Waals surface area contributed by atoms with Crippen LogP contribution in [-0.2, 0) is 6.42 Å². The average Bonchev–Trinajstić information content (AvgIpc) is 4.09. The lowest BCUT2D eigenvalue weighted by atomic mass is 9.90. The molecule has 0 saturated heterocycles. The van der Waals surface area contributed by atoms with E-state index < -0.39 is 0 Å². The van der Waals surface area contributed by atoms with Crippen LogP contribution >= 0.6 is 0 Å². The summed E-state index contributed by atoms with van der Waals surface area (Å²) < 4.78 is 13.0. The van der Waals surface area contributed by atoms with Crippen molar-refractivity contribution in [1.29, 1.82) is 15.8 Å². The van der Waals surface area contributed by atoms with Crippen LogP contribution in [0.15, 0.2) is 168 Å². The standard InChI is InChI=1S/C57H32N6O/c58-31-34-25-27-51-42(29-34)40-17-5-11-23-50(40)61(51)55-44(32-59)56(62-46-19-7-1-13-36(46)37-14-2-8-20-47(37)62)54(35-26-28-53-43(30-35)41-18-6-12-24-52(41)64-53)57(45(55)33-60)63-48-21-9-3-15-38(48)39-16-4-10-22-49(39)63/h1-9,11-21,23-30H,10,22H2. The molecule has 296 valence electrons. The largest absolute Gasteiger partial charge is 0.456 e. The molecule has 7 nitrogen and oxygen atoms in total. The van der Waals surface area contributed by atoms with Crippen LogP contribution in [0, 0.1) is 34.0 Å². The lowest BCUT2D eigenvalue weighted by molar-refractivity contribution is 0.669. The van der Waals surface area contributed by atoms with E-state index in [0.29, 0.717) is 33.8 Å². The maximum Gasteiger partial charge on any atom is 0.135 e. The number of furan rings is 1. The molecule has 0 unspecified atom stereocenters. The molecule has 0 atom stereocenters. The van der Waals surface area contributed by atoms with E-state index in [0.717, 1.165) is 112 Å². The van der Waals surface area contributed by atoms with Crippen LogP contribution in [-0.4, -0.2) is 13.7 Å². The molecule has 0 bridgehead atoms. The van der Waals surface area contributed by atoms with Crippen molar-refractivity contribution in [2.45, 2.75) is 12.8 Å². The molecule has 0 amide bonds. The van der Waals surface area contributed by atoms with E-state index >= 15 is 0 Å². The average molecular weight is 817 g/mol. The molecule has 8 aromatic carbocycles. The minimum atomic E-state index is 0.344. The molecule has 64 heavy (non-hydrogen) atoms. The number of hydrogen-bond acceptors (Lipinski definition) is 4. The van der Waals surface area contributed by atoms with E-state index in [4.69, 9.17) is 4.42 Å². The third-order valence-electron chi connectivity index (χ3n) is 13.2. The second-order valence-electron chi connectivity index (χ2n) is 16.4. The Kier molecular flexibility index (Phi) is 7.49. The van der Waals surface area contributed by atoms with Crippen LogP contribution in [0.3, 0.4) is 0 Å². The molecule has 12 aromatic rings. The molecule has 0 aliphatic heterocycles. The van der Waals surface area contributed by atoms with Crippen LogP contribution in [0.5, 0.6) is 0 Å². The molecule has 1 aliphatic carbocycles. The molecule has 4 heterocycles. The van der Waals surface area contributed by atoms with Gasteiger partial charge in [0.2, 0.25) is 0 Å². The second kappa shape index (κ2) is 13.5. The van der Waals surface area contributed by atoms with Crippen molar-refractivity contribution in [2.75, 3.05) is 0 Å². The molecule has 13 rings (SSSR count). The highest BCUT2D eigenvalue weighted by Crippen LogP contribution is 2.49. The van der Waals surface area contributed by atoms with Crippen molar-refractivity contribution in [2.24, 2.45) is 0 Å². The Morgan fingerprint density at radius 1 is 0.438 bits per heavy atom. The summed E-state index contributed by atoms with van der Waals surface area (Å²) in [6.07, 6.45) is 6.03. The summed E-state index contributed by atoms with van der Waals surface area (Å²) in [7, 11) is 0. The van der Waals surface area contributed by atoms with E-state index in [1.807, 2.05) is 78.9 Å². The van der Waals surface area contributed by atoms with Crippen molar-refractivity contribution in [3.8, 4) is 46.4 Å². The minimum absolute atomic E-state index is 0.344. The summed E-state index contributed by atoms with van der Waals surface area (Å²) in [6.45, 7) is 0. The summed E-state index contributed by atoms with van der Waals surface area (Å²) in [5, 5.41) is 41.1. The highest BCUT2D eigenvalue weighted by molar-refractivity contribution is 6.14. The Labute approximate surface area is 366 Å². The fourth-order valence-corrected chi connectivity index (χ4v) is 10.6. The highest BCUT2D eigenvalue weighted by atomic mass is 16.3. The third kappa shape index (κ3) is 4.77. The zero-order chi connectivity index (χ0) is 42.6. The van der Waals surface area contributed by atoms with Gasteiger partial charge in [-0.3, -0.25) is 0 Å². The number of rotatable bonds is 4. The van der Waals surface area contributed by atoms with E-state index in [1.54, 1.807) is 0 Å². The van der Waals surface area contributed by atoms with Crippen molar-refractivity contribution in [3.05, 3.63) is 192 Å². The number of aromatic nitrogens is 3. The molecule has 0 saturated carbocycles. The van der Waals surface area contributed by atoms with Gasteiger partial charge in [-0.2, -0.15) is 15.8 Å². The molecular weight excluding hydrogens is 785 g/mol. The first kappa shape index (κ1) is 35.6. The number of nitrogens with zero attached hydrogens (tertiary/aromatic N) is 6. The monoisotopic (exact) mass is 816 g/mol. The van der Waals surface area contributed by atoms with E-state index in [9.17, 15) is 15.8 Å². The number of benzene rings is 8. The first-order chi connectivity index (χ1) is 31.7. The molecule has 0 fully saturated rings. The minimum Gasteiger partial charge on any atom is -0.456 e. The first-order valence-electron chi connectivity index (χ1n) is 21.3. The zero-order valence-corrected chi connectivity index (χ0v) is 34.2. The third-order valence-corrected chi connectivity index (χ3v) is 13.2. The molecule has 4 aromatic heterocycles. The quantitative estimate of drug-likeness (QED) is 0.177. The van der Waals surface area contributed by atoms with E-state index in [1.165, 1.54) is 0 Å². The summed E-state index contributed by atoms with van der Waals surface area (Å²) in [5.74, 6) is 0. The van der Waals surface area contributed by atoms with Gasteiger partial charge in [-0.05, 0) is 79.1 Å². The van der Waals surface area contributed by atoms with Gasteiger partial charge in [-0.1, -0.05) is 109 Å². The van der Waals surface area contributed by atoms with Gasteiger partial charge in [0.1, 0.15) is 34.4 Å². The van der Waals surface area contributed by atoms with Gasteiger partial charge in [-0.25, -0.2) is 0 Å². The van der Waals surface area contributed by atoms with Crippen LogP contribution in [0.4, 0.5) is 0 Å². The lowest BCUT2D eigenvalue weighted by Crippen LogP contribution is -2.15. The topological polar surface area (TPSA) is 99.3 Å². The SMILES string of the molecule is N#Cc1ccc2c(c1)c1ccccc1n2-c1c(C#N)c(-n2c3c(c4ccccc42)C=CCC3)c(-c2ccc3oc4ccccc4c3c2)c(-n2c3ccccc3c3ccccc32)c1C#N. The molecule has 0 N–H and O–H groups in total. The molecule has 1 aliphatic rings. The second-order valence-corrected chi connectivity index (χ2v) is 16.4. The predicted molar refractivity (Wildman–Crippen MR) is 256 cm³/mol. The smallest absolute Gasteiger partial charge is 0.135 e. The lowest BCUT2D eigenvalue weighted by Gasteiger charge is -2.27. The van der Waals surface area contributed by atoms with Gasteiger partial charge < -0.3 is 18.1 Å². The molecule has 0 radical (unpaired) electrons. The Balaban J connectivity index is 1.34. The summed E-state index contributed by atoms with van der Waals surface area (Å²) in [4.78, 5) is 0. The van der Waals surface area contributed by atoms with Gasteiger partial charge in [-0.15, -0.1) is 0 Å². The number of nitriles is 3. The fourth-order valence-electron chi connectivity index (χ4n) is 10.6. The molecule has 7 heteroatoms. The Morgan fingerprint density at radius 2 is 0.969 bits per heavy atom. The normalized spacial score (nSPS) is 12.5. The first-order valence-corrected chi connectivity index (χ1v) is 21.3. The summed E-state index contributed by atoms with van der Waals surface area (Å²) in [5.41, 5.74) is 12.8. The van der Waals surface area contributed by atoms with Crippen LogP contribution < -0.4 is 0 Å². The van der Waals surface area contributed by atoms with Gasteiger partial charge in [0, 0.05) is 54.5 Å². The van der Waals surface area contributed by atoms with Gasteiger partial charge in [0.15, 0.2) is 0 Å². The Bertz CT molecular complexity index is 4130. The highest BCUT2D eigenvalue weighted by Gasteiger charge is 2.34. The van der Waals surface area contributed by atoms with Crippen molar-refractivity contribution >= 4 is 82.5 Å². The maximum absolute atomic E-state index is 12.1. The molecular formula is C57H32N6O. The van der Waals surface area contributed by atoms with Gasteiger partial charge in [0.25, 0.3) is 0 Å². The zero-order valence-electron chi connectivity index (χ0n) is 34.2. The van der Waals surface area contributed by atoms with Crippen LogP contribution in [0.2, 0.25) is 0 Å². The van der Waals surface area contributed by atoms with Crippen molar-refractivity contribution in [1.82, 2.24) is 13.7 Å². The Morgan fingerprint density at radius 3 is 1.62 bits per heavy atom. The summed E-state index contributed by atoms with van der Waals surface area (Å²) >= 11 is 0. The Hall–Kier alpha value is -9.09. The number of allylic oxidation sites excluding steroid dienone is 1.